The van der Waals surface area contributed by atoms with Crippen molar-refractivity contribution in [2.24, 2.45) is 33.9 Å². The molecule has 0 bridgehead atoms. The summed E-state index contributed by atoms with van der Waals surface area (Å²) in [6.07, 6.45) is 10.4. The molecule has 2 aliphatic rings. The fourth-order valence-electron chi connectivity index (χ4n) is 5.90. The quantitative estimate of drug-likeness (QED) is 0.425. The molecule has 4 unspecified atom stereocenters. The van der Waals surface area contributed by atoms with E-state index in [1.165, 1.54) is 24.8 Å². The van der Waals surface area contributed by atoms with Crippen LogP contribution in [0.1, 0.15) is 52.0 Å². The second-order valence-electron chi connectivity index (χ2n) is 10.2. The molecule has 1 saturated heterocycles. The van der Waals surface area contributed by atoms with E-state index in [9.17, 15) is 0 Å². The van der Waals surface area contributed by atoms with Crippen LogP contribution in [0.15, 0.2) is 54.2 Å². The van der Waals surface area contributed by atoms with Gasteiger partial charge in [0, 0.05) is 42.9 Å². The minimum Gasteiger partial charge on any atom is -0.405 e. The van der Waals surface area contributed by atoms with Crippen LogP contribution in [-0.2, 0) is 10.2 Å². The minimum atomic E-state index is -0.0438. The Labute approximate surface area is 189 Å². The Bertz CT molecular complexity index is 787. The van der Waals surface area contributed by atoms with Crippen LogP contribution in [0.4, 0.5) is 5.69 Å². The van der Waals surface area contributed by atoms with Crippen molar-refractivity contribution in [3.63, 3.8) is 0 Å². The van der Waals surface area contributed by atoms with E-state index in [4.69, 9.17) is 10.5 Å². The number of hydrogen-bond acceptors (Lipinski definition) is 4. The van der Waals surface area contributed by atoms with Gasteiger partial charge in [-0.2, -0.15) is 0 Å². The number of nitrogens with zero attached hydrogens (tertiary/aromatic N) is 1. The van der Waals surface area contributed by atoms with Crippen LogP contribution in [0, 0.1) is 23.2 Å². The van der Waals surface area contributed by atoms with Crippen molar-refractivity contribution in [3.05, 3.63) is 54.8 Å². The van der Waals surface area contributed by atoms with Gasteiger partial charge >= 0.3 is 0 Å². The maximum atomic E-state index is 5.77. The standard InChI is InChI=1S/C27H41N3O/c1-6-27(14-16-31-19-27)21-8-10-22(11-9-21)30-18-23(25(29-5)13-15-28)24-12-7-20(2)17-26(24,3)4/h6,8-11,13,15,20,23-24,30H,1,7,12,14,16-19,28H2,2-5H3. The Morgan fingerprint density at radius 1 is 1.32 bits per heavy atom. The van der Waals surface area contributed by atoms with Crippen LogP contribution < -0.4 is 11.1 Å². The number of nitrogens with one attached hydrogen (secondary N) is 1. The fourth-order valence-corrected chi connectivity index (χ4v) is 5.90. The zero-order valence-electron chi connectivity index (χ0n) is 19.9. The topological polar surface area (TPSA) is 59.6 Å². The van der Waals surface area contributed by atoms with Gasteiger partial charge in [0.2, 0.25) is 0 Å². The zero-order valence-corrected chi connectivity index (χ0v) is 19.9. The second kappa shape index (κ2) is 10.0. The third kappa shape index (κ3) is 5.23. The smallest absolute Gasteiger partial charge is 0.0598 e. The molecule has 1 aromatic rings. The van der Waals surface area contributed by atoms with Crippen molar-refractivity contribution in [1.82, 2.24) is 0 Å². The highest BCUT2D eigenvalue weighted by Gasteiger charge is 2.41. The van der Waals surface area contributed by atoms with E-state index in [-0.39, 0.29) is 10.8 Å². The van der Waals surface area contributed by atoms with E-state index >= 15 is 0 Å². The van der Waals surface area contributed by atoms with E-state index in [2.05, 4.69) is 61.9 Å². The number of allylic oxidation sites excluding steroid dienone is 1. The molecule has 1 saturated carbocycles. The lowest BCUT2D eigenvalue weighted by Crippen LogP contribution is -2.42. The van der Waals surface area contributed by atoms with Crippen molar-refractivity contribution in [3.8, 4) is 0 Å². The Morgan fingerprint density at radius 3 is 2.61 bits per heavy atom. The summed E-state index contributed by atoms with van der Waals surface area (Å²) in [6, 6.07) is 8.81. The van der Waals surface area contributed by atoms with Gasteiger partial charge in [-0.1, -0.05) is 45.4 Å². The number of hydrogen-bond donors (Lipinski definition) is 2. The van der Waals surface area contributed by atoms with Crippen LogP contribution in [0.3, 0.4) is 0 Å². The molecule has 4 heteroatoms. The van der Waals surface area contributed by atoms with Crippen molar-refractivity contribution in [1.29, 1.82) is 0 Å². The highest BCUT2D eigenvalue weighted by molar-refractivity contribution is 5.97. The number of ether oxygens (including phenoxy) is 1. The molecule has 1 aliphatic heterocycles. The van der Waals surface area contributed by atoms with Gasteiger partial charge in [-0.3, -0.25) is 4.99 Å². The third-order valence-corrected chi connectivity index (χ3v) is 7.67. The summed E-state index contributed by atoms with van der Waals surface area (Å²) < 4.78 is 5.65. The molecule has 4 nitrogen and oxygen atoms in total. The molecular weight excluding hydrogens is 382 g/mol. The van der Waals surface area contributed by atoms with Crippen molar-refractivity contribution < 1.29 is 4.74 Å². The average molecular weight is 424 g/mol. The lowest BCUT2D eigenvalue weighted by Gasteiger charge is -2.45. The molecule has 3 N–H and O–H groups in total. The Morgan fingerprint density at radius 2 is 2.06 bits per heavy atom. The molecule has 0 radical (unpaired) electrons. The minimum absolute atomic E-state index is 0.0438. The van der Waals surface area contributed by atoms with E-state index in [0.717, 1.165) is 43.5 Å². The molecule has 3 rings (SSSR count). The Kier molecular flexibility index (Phi) is 7.64. The second-order valence-corrected chi connectivity index (χ2v) is 10.2. The number of benzene rings is 1. The summed E-state index contributed by atoms with van der Waals surface area (Å²) in [4.78, 5) is 4.62. The Balaban J connectivity index is 1.77. The molecular formula is C27H41N3O. The fraction of sp³-hybridized carbons (Fsp3) is 0.593. The maximum absolute atomic E-state index is 5.77. The third-order valence-electron chi connectivity index (χ3n) is 7.67. The Hall–Kier alpha value is -2.07. The van der Waals surface area contributed by atoms with Gasteiger partial charge in [0.05, 0.1) is 6.61 Å². The molecule has 170 valence electrons. The van der Waals surface area contributed by atoms with Crippen LogP contribution in [0.2, 0.25) is 0 Å². The highest BCUT2D eigenvalue weighted by Crippen LogP contribution is 2.47. The summed E-state index contributed by atoms with van der Waals surface area (Å²) >= 11 is 0. The van der Waals surface area contributed by atoms with Gasteiger partial charge in [0.1, 0.15) is 0 Å². The SMILES string of the molecule is C=CC1(c2ccc(NCC(C(C=CN)=NC)C3CCC(C)CC3(C)C)cc2)CCOC1. The van der Waals surface area contributed by atoms with Crippen molar-refractivity contribution >= 4 is 11.4 Å². The summed E-state index contributed by atoms with van der Waals surface area (Å²) in [6.45, 7) is 13.7. The predicted molar refractivity (Wildman–Crippen MR) is 133 cm³/mol. The number of aliphatic imine (C=N–C) groups is 1. The molecule has 1 aromatic carbocycles. The zero-order chi connectivity index (χ0) is 22.5. The summed E-state index contributed by atoms with van der Waals surface area (Å²) in [5.74, 6) is 1.69. The lowest BCUT2D eigenvalue weighted by molar-refractivity contribution is 0.0792. The molecule has 2 fully saturated rings. The van der Waals surface area contributed by atoms with E-state index in [0.29, 0.717) is 11.8 Å². The normalized spacial score (nSPS) is 29.7. The first-order chi connectivity index (χ1) is 14.8. The molecule has 0 aromatic heterocycles. The van der Waals surface area contributed by atoms with Gasteiger partial charge in [-0.25, -0.2) is 0 Å². The van der Waals surface area contributed by atoms with E-state index in [1.807, 2.05) is 19.2 Å². The number of nitrogens with two attached hydrogens (primary N) is 1. The van der Waals surface area contributed by atoms with Gasteiger partial charge in [0.25, 0.3) is 0 Å². The van der Waals surface area contributed by atoms with Crippen molar-refractivity contribution in [2.45, 2.75) is 51.9 Å². The molecule has 0 spiro atoms. The van der Waals surface area contributed by atoms with Crippen LogP contribution in [-0.4, -0.2) is 32.5 Å². The molecule has 1 heterocycles. The first-order valence-electron chi connectivity index (χ1n) is 11.8. The van der Waals surface area contributed by atoms with Crippen molar-refractivity contribution in [2.75, 3.05) is 32.1 Å². The summed E-state index contributed by atoms with van der Waals surface area (Å²) in [5.41, 5.74) is 9.52. The largest absolute Gasteiger partial charge is 0.405 e. The lowest BCUT2D eigenvalue weighted by atomic mass is 9.60. The van der Waals surface area contributed by atoms with E-state index < -0.39 is 0 Å². The molecule has 1 aliphatic carbocycles. The van der Waals surface area contributed by atoms with Gasteiger partial charge in [0.15, 0.2) is 0 Å². The molecule has 31 heavy (non-hydrogen) atoms. The summed E-state index contributed by atoms with van der Waals surface area (Å²) in [7, 11) is 1.88. The summed E-state index contributed by atoms with van der Waals surface area (Å²) in [5, 5.41) is 3.70. The van der Waals surface area contributed by atoms with Gasteiger partial charge in [-0.05, 0) is 66.5 Å². The molecule has 4 atom stereocenters. The average Bonchev–Trinajstić information content (AvgIpc) is 3.24. The van der Waals surface area contributed by atoms with Crippen LogP contribution >= 0.6 is 0 Å². The van der Waals surface area contributed by atoms with Crippen LogP contribution in [0.25, 0.3) is 0 Å². The maximum Gasteiger partial charge on any atom is 0.0598 e. The van der Waals surface area contributed by atoms with E-state index in [1.54, 1.807) is 6.20 Å². The van der Waals surface area contributed by atoms with Gasteiger partial charge < -0.3 is 15.8 Å². The van der Waals surface area contributed by atoms with Crippen LogP contribution in [0.5, 0.6) is 0 Å². The first-order valence-corrected chi connectivity index (χ1v) is 11.8. The first kappa shape index (κ1) is 23.6. The monoisotopic (exact) mass is 423 g/mol. The number of anilines is 1. The highest BCUT2D eigenvalue weighted by atomic mass is 16.5. The van der Waals surface area contributed by atoms with Gasteiger partial charge in [-0.15, -0.1) is 6.58 Å². The number of rotatable bonds is 8. The predicted octanol–water partition coefficient (Wildman–Crippen LogP) is 5.56. The molecule has 0 amide bonds.